The van der Waals surface area contributed by atoms with Gasteiger partial charge in [-0.1, -0.05) is 49.2 Å². The Balaban J connectivity index is 1.73. The second kappa shape index (κ2) is 7.03. The molecule has 1 saturated heterocycles. The first-order valence-corrected chi connectivity index (χ1v) is 9.61. The fourth-order valence-corrected chi connectivity index (χ4v) is 3.91. The van der Waals surface area contributed by atoms with Crippen molar-refractivity contribution >= 4 is 28.4 Å². The molecule has 0 N–H and O–H groups in total. The van der Waals surface area contributed by atoms with Gasteiger partial charge in [0.2, 0.25) is 11.8 Å². The number of carbonyl (C=O) groups excluding carboxylic acids is 2. The Kier molecular flexibility index (Phi) is 4.56. The molecule has 1 fully saturated rings. The minimum atomic E-state index is -0.411. The van der Waals surface area contributed by atoms with Gasteiger partial charge in [-0.2, -0.15) is 0 Å². The van der Waals surface area contributed by atoms with Gasteiger partial charge in [0.25, 0.3) is 0 Å². The summed E-state index contributed by atoms with van der Waals surface area (Å²) in [7, 11) is 0. The van der Waals surface area contributed by atoms with Gasteiger partial charge < -0.3 is 4.57 Å². The Morgan fingerprint density at radius 3 is 2.52 bits per heavy atom. The van der Waals surface area contributed by atoms with Crippen LogP contribution in [0.5, 0.6) is 0 Å². The van der Waals surface area contributed by atoms with Crippen LogP contribution in [0.15, 0.2) is 54.7 Å². The number of hydrogen-bond donors (Lipinski definition) is 0. The van der Waals surface area contributed by atoms with Crippen LogP contribution in [-0.2, 0) is 16.1 Å². The largest absolute Gasteiger partial charge is 0.347 e. The zero-order valence-corrected chi connectivity index (χ0v) is 15.8. The number of carbonyl (C=O) groups is 2. The number of unbranched alkanes of at least 4 members (excludes halogenated alkanes) is 1. The highest BCUT2D eigenvalue weighted by Gasteiger charge is 2.41. The Morgan fingerprint density at radius 1 is 1.04 bits per heavy atom. The van der Waals surface area contributed by atoms with Crippen LogP contribution < -0.4 is 4.90 Å². The third-order valence-corrected chi connectivity index (χ3v) is 5.39. The third kappa shape index (κ3) is 3.05. The molecular weight excluding hydrogens is 336 g/mol. The number of para-hydroxylation sites is 1. The molecule has 0 radical (unpaired) electrons. The van der Waals surface area contributed by atoms with E-state index in [4.69, 9.17) is 0 Å². The highest BCUT2D eigenvalue weighted by Crippen LogP contribution is 2.37. The molecule has 0 unspecified atom stereocenters. The minimum absolute atomic E-state index is 0.123. The van der Waals surface area contributed by atoms with Crippen LogP contribution in [0.3, 0.4) is 0 Å². The van der Waals surface area contributed by atoms with Gasteiger partial charge in [-0.3, -0.25) is 14.5 Å². The zero-order valence-electron chi connectivity index (χ0n) is 15.8. The van der Waals surface area contributed by atoms with Crippen LogP contribution in [0.1, 0.15) is 43.2 Å². The van der Waals surface area contributed by atoms with E-state index in [1.165, 1.54) is 4.90 Å². The van der Waals surface area contributed by atoms with Crippen LogP contribution in [0.2, 0.25) is 0 Å². The van der Waals surface area contributed by atoms with E-state index >= 15 is 0 Å². The monoisotopic (exact) mass is 360 g/mol. The van der Waals surface area contributed by atoms with Crippen molar-refractivity contribution in [1.82, 2.24) is 4.57 Å². The fourth-order valence-electron chi connectivity index (χ4n) is 3.91. The lowest BCUT2D eigenvalue weighted by molar-refractivity contribution is -0.121. The molecule has 4 heteroatoms. The maximum atomic E-state index is 13.2. The molecule has 2 heterocycles. The standard InChI is InChI=1S/C23H24N2O2/c1-3-4-13-24-15-20(18-7-5-6-8-21(18)24)19-14-22(26)25(23(19)27)17-11-9-16(2)10-12-17/h5-12,15,19H,3-4,13-14H2,1-2H3/t19-/m1/s1. The molecule has 1 aliphatic heterocycles. The third-order valence-electron chi connectivity index (χ3n) is 5.39. The predicted molar refractivity (Wildman–Crippen MR) is 108 cm³/mol. The van der Waals surface area contributed by atoms with Gasteiger partial charge in [0.05, 0.1) is 11.6 Å². The van der Waals surface area contributed by atoms with Crippen LogP contribution in [0.4, 0.5) is 5.69 Å². The quantitative estimate of drug-likeness (QED) is 0.614. The molecule has 0 aliphatic carbocycles. The lowest BCUT2D eigenvalue weighted by Crippen LogP contribution is -2.29. The molecule has 27 heavy (non-hydrogen) atoms. The van der Waals surface area contributed by atoms with Crippen molar-refractivity contribution in [3.05, 3.63) is 65.9 Å². The molecule has 0 bridgehead atoms. The van der Waals surface area contributed by atoms with Crippen LogP contribution in [-0.4, -0.2) is 16.4 Å². The molecule has 1 aromatic heterocycles. The molecule has 2 amide bonds. The number of nitrogens with zero attached hydrogens (tertiary/aromatic N) is 2. The van der Waals surface area contributed by atoms with Crippen molar-refractivity contribution in [2.75, 3.05) is 4.90 Å². The number of anilines is 1. The van der Waals surface area contributed by atoms with E-state index < -0.39 is 5.92 Å². The summed E-state index contributed by atoms with van der Waals surface area (Å²) in [5.74, 6) is -0.659. The highest BCUT2D eigenvalue weighted by molar-refractivity contribution is 6.23. The average Bonchev–Trinajstić information content (AvgIpc) is 3.18. The number of rotatable bonds is 5. The first-order chi connectivity index (χ1) is 13.1. The Labute approximate surface area is 159 Å². The molecular formula is C23H24N2O2. The topological polar surface area (TPSA) is 42.3 Å². The van der Waals surface area contributed by atoms with E-state index in [0.29, 0.717) is 5.69 Å². The number of hydrogen-bond acceptors (Lipinski definition) is 2. The second-order valence-electron chi connectivity index (χ2n) is 7.31. The highest BCUT2D eigenvalue weighted by atomic mass is 16.2. The first kappa shape index (κ1) is 17.5. The summed E-state index contributed by atoms with van der Waals surface area (Å²) in [5, 5.41) is 1.07. The zero-order chi connectivity index (χ0) is 19.0. The van der Waals surface area contributed by atoms with E-state index in [-0.39, 0.29) is 18.2 Å². The van der Waals surface area contributed by atoms with Gasteiger partial charge >= 0.3 is 0 Å². The summed E-state index contributed by atoms with van der Waals surface area (Å²) < 4.78 is 2.22. The Morgan fingerprint density at radius 2 is 1.78 bits per heavy atom. The molecule has 3 aromatic rings. The van der Waals surface area contributed by atoms with E-state index in [1.807, 2.05) is 43.3 Å². The number of benzene rings is 2. The van der Waals surface area contributed by atoms with Crippen LogP contribution in [0.25, 0.3) is 10.9 Å². The van der Waals surface area contributed by atoms with E-state index in [9.17, 15) is 9.59 Å². The van der Waals surface area contributed by atoms with E-state index in [0.717, 1.165) is 41.4 Å². The van der Waals surface area contributed by atoms with E-state index in [1.54, 1.807) is 0 Å². The van der Waals surface area contributed by atoms with Crippen molar-refractivity contribution in [2.24, 2.45) is 0 Å². The summed E-state index contributed by atoms with van der Waals surface area (Å²) in [6, 6.07) is 15.7. The Hall–Kier alpha value is -2.88. The molecule has 4 nitrogen and oxygen atoms in total. The predicted octanol–water partition coefficient (Wildman–Crippen LogP) is 4.80. The maximum absolute atomic E-state index is 13.2. The van der Waals surface area contributed by atoms with Crippen molar-refractivity contribution in [2.45, 2.75) is 45.6 Å². The van der Waals surface area contributed by atoms with Gasteiger partial charge in [0.1, 0.15) is 0 Å². The normalized spacial score (nSPS) is 17.3. The first-order valence-electron chi connectivity index (χ1n) is 9.61. The molecule has 2 aromatic carbocycles. The van der Waals surface area contributed by atoms with Crippen LogP contribution >= 0.6 is 0 Å². The summed E-state index contributed by atoms with van der Waals surface area (Å²) in [5.41, 5.74) is 3.87. The van der Waals surface area contributed by atoms with Gasteiger partial charge in [-0.15, -0.1) is 0 Å². The van der Waals surface area contributed by atoms with Crippen molar-refractivity contribution in [3.63, 3.8) is 0 Å². The number of imide groups is 1. The Bertz CT molecular complexity index is 1000. The number of fused-ring (bicyclic) bond motifs is 1. The van der Waals surface area contributed by atoms with Gasteiger partial charge in [0, 0.05) is 30.1 Å². The lowest BCUT2D eigenvalue weighted by Gasteiger charge is -2.15. The van der Waals surface area contributed by atoms with Crippen molar-refractivity contribution in [3.8, 4) is 0 Å². The maximum Gasteiger partial charge on any atom is 0.241 e. The van der Waals surface area contributed by atoms with Gasteiger partial charge in [-0.25, -0.2) is 0 Å². The molecule has 1 atom stereocenters. The second-order valence-corrected chi connectivity index (χ2v) is 7.31. The molecule has 4 rings (SSSR count). The minimum Gasteiger partial charge on any atom is -0.347 e. The molecule has 1 aliphatic rings. The van der Waals surface area contributed by atoms with Crippen molar-refractivity contribution < 1.29 is 9.59 Å². The number of aryl methyl sites for hydroxylation is 2. The van der Waals surface area contributed by atoms with Crippen molar-refractivity contribution in [1.29, 1.82) is 0 Å². The van der Waals surface area contributed by atoms with E-state index in [2.05, 4.69) is 29.8 Å². The number of amides is 2. The summed E-state index contributed by atoms with van der Waals surface area (Å²) >= 11 is 0. The van der Waals surface area contributed by atoms with Gasteiger partial charge in [-0.05, 0) is 37.1 Å². The molecule has 138 valence electrons. The summed E-state index contributed by atoms with van der Waals surface area (Å²) in [4.78, 5) is 27.2. The molecule has 0 saturated carbocycles. The number of aromatic nitrogens is 1. The summed E-state index contributed by atoms with van der Waals surface area (Å²) in [6.07, 6.45) is 4.51. The smallest absolute Gasteiger partial charge is 0.241 e. The fraction of sp³-hybridized carbons (Fsp3) is 0.304. The lowest BCUT2D eigenvalue weighted by atomic mass is 9.97. The van der Waals surface area contributed by atoms with Gasteiger partial charge in [0.15, 0.2) is 0 Å². The molecule has 0 spiro atoms. The summed E-state index contributed by atoms with van der Waals surface area (Å²) in [6.45, 7) is 5.09. The van der Waals surface area contributed by atoms with Crippen LogP contribution in [0, 0.1) is 6.92 Å². The average molecular weight is 360 g/mol. The SMILES string of the molecule is CCCCn1cc([C@H]2CC(=O)N(c3ccc(C)cc3)C2=O)c2ccccc21.